The van der Waals surface area contributed by atoms with Crippen molar-refractivity contribution in [3.05, 3.63) is 0 Å². The normalized spacial score (nSPS) is 45.3. The maximum absolute atomic E-state index is 12.4. The maximum atomic E-state index is 12.4. The number of carbonyl (C=O) groups is 1. The zero-order valence-corrected chi connectivity index (χ0v) is 10.7. The van der Waals surface area contributed by atoms with E-state index in [1.807, 2.05) is 11.8 Å². The number of hydrogen-bond acceptors (Lipinski definition) is 2. The fourth-order valence-corrected chi connectivity index (χ4v) is 3.66. The topological polar surface area (TPSA) is 40.5 Å². The first-order valence-corrected chi connectivity index (χ1v) is 7.06. The molecule has 0 aromatic rings. The molecule has 3 fully saturated rings. The van der Waals surface area contributed by atoms with Crippen molar-refractivity contribution >= 4 is 5.91 Å². The van der Waals surface area contributed by atoms with Crippen LogP contribution in [0.2, 0.25) is 0 Å². The highest BCUT2D eigenvalue weighted by Crippen LogP contribution is 2.54. The standard InChI is InChI=1S/C14H23NO2/c1-14(17)3-2-5-15(6-4-14)13(16)12-8-10-7-11(10)9-12/h10-12,17H,2-9H2,1H3. The van der Waals surface area contributed by atoms with Crippen LogP contribution < -0.4 is 0 Å². The minimum atomic E-state index is -0.563. The third-order valence-electron chi connectivity index (χ3n) is 4.97. The molecule has 1 amide bonds. The Morgan fingerprint density at radius 1 is 1.18 bits per heavy atom. The van der Waals surface area contributed by atoms with Gasteiger partial charge in [-0.2, -0.15) is 0 Å². The van der Waals surface area contributed by atoms with Crippen LogP contribution in [0.1, 0.15) is 45.4 Å². The third-order valence-corrected chi connectivity index (χ3v) is 4.97. The van der Waals surface area contributed by atoms with Crippen molar-refractivity contribution in [3.8, 4) is 0 Å². The summed E-state index contributed by atoms with van der Waals surface area (Å²) in [5.41, 5.74) is -0.563. The van der Waals surface area contributed by atoms with Crippen molar-refractivity contribution in [1.29, 1.82) is 0 Å². The number of likely N-dealkylation sites (tertiary alicyclic amines) is 1. The molecular weight excluding hydrogens is 214 g/mol. The minimum absolute atomic E-state index is 0.307. The Labute approximate surface area is 103 Å². The largest absolute Gasteiger partial charge is 0.390 e. The number of hydrogen-bond donors (Lipinski definition) is 1. The second-order valence-corrected chi connectivity index (χ2v) is 6.60. The SMILES string of the molecule is CC1(O)CCCN(C(=O)C2CC3CC3C2)CC1. The molecule has 0 radical (unpaired) electrons. The highest BCUT2D eigenvalue weighted by molar-refractivity contribution is 5.79. The van der Waals surface area contributed by atoms with Gasteiger partial charge in [-0.3, -0.25) is 4.79 Å². The zero-order valence-electron chi connectivity index (χ0n) is 10.7. The third kappa shape index (κ3) is 2.35. The Hall–Kier alpha value is -0.570. The van der Waals surface area contributed by atoms with E-state index in [1.165, 1.54) is 6.42 Å². The first kappa shape index (κ1) is 11.5. The van der Waals surface area contributed by atoms with Crippen LogP contribution in [-0.2, 0) is 4.79 Å². The molecule has 96 valence electrons. The minimum Gasteiger partial charge on any atom is -0.390 e. The fourth-order valence-electron chi connectivity index (χ4n) is 3.66. The molecule has 2 aliphatic carbocycles. The summed E-state index contributed by atoms with van der Waals surface area (Å²) in [5, 5.41) is 10.0. The van der Waals surface area contributed by atoms with Crippen LogP contribution in [-0.4, -0.2) is 34.6 Å². The van der Waals surface area contributed by atoms with Crippen molar-refractivity contribution in [2.45, 2.75) is 51.0 Å². The smallest absolute Gasteiger partial charge is 0.225 e. The lowest BCUT2D eigenvalue weighted by Crippen LogP contribution is -2.37. The molecular formula is C14H23NO2. The number of nitrogens with zero attached hydrogens (tertiary/aromatic N) is 1. The van der Waals surface area contributed by atoms with Gasteiger partial charge < -0.3 is 10.0 Å². The predicted octanol–water partition coefficient (Wildman–Crippen LogP) is 1.80. The first-order chi connectivity index (χ1) is 8.05. The summed E-state index contributed by atoms with van der Waals surface area (Å²) >= 11 is 0. The van der Waals surface area contributed by atoms with Gasteiger partial charge in [-0.15, -0.1) is 0 Å². The zero-order chi connectivity index (χ0) is 12.0. The second kappa shape index (κ2) is 3.98. The second-order valence-electron chi connectivity index (χ2n) is 6.60. The van der Waals surface area contributed by atoms with Crippen molar-refractivity contribution in [2.24, 2.45) is 17.8 Å². The van der Waals surface area contributed by atoms with Gasteiger partial charge in [0.05, 0.1) is 5.60 Å². The number of aliphatic hydroxyl groups is 1. The summed E-state index contributed by atoms with van der Waals surface area (Å²) in [6.07, 6.45) is 6.15. The summed E-state index contributed by atoms with van der Waals surface area (Å²) in [6, 6.07) is 0. The molecule has 0 aromatic carbocycles. The highest BCUT2D eigenvalue weighted by Gasteiger charge is 2.48. The molecule has 2 saturated carbocycles. The van der Waals surface area contributed by atoms with Crippen molar-refractivity contribution in [3.63, 3.8) is 0 Å². The molecule has 1 heterocycles. The maximum Gasteiger partial charge on any atom is 0.225 e. The molecule has 1 saturated heterocycles. The van der Waals surface area contributed by atoms with Gasteiger partial charge in [-0.05, 0) is 57.3 Å². The van der Waals surface area contributed by atoms with E-state index < -0.39 is 5.60 Å². The average Bonchev–Trinajstić information content (AvgIpc) is 2.94. The van der Waals surface area contributed by atoms with Crippen molar-refractivity contribution < 1.29 is 9.90 Å². The lowest BCUT2D eigenvalue weighted by molar-refractivity contribution is -0.135. The van der Waals surface area contributed by atoms with Crippen LogP contribution in [0, 0.1) is 17.8 Å². The molecule has 3 heteroatoms. The molecule has 3 unspecified atom stereocenters. The van der Waals surface area contributed by atoms with Crippen molar-refractivity contribution in [2.75, 3.05) is 13.1 Å². The van der Waals surface area contributed by atoms with Crippen LogP contribution in [0.3, 0.4) is 0 Å². The summed E-state index contributed by atoms with van der Waals surface area (Å²) in [6.45, 7) is 3.49. The van der Waals surface area contributed by atoms with Gasteiger partial charge in [0.15, 0.2) is 0 Å². The van der Waals surface area contributed by atoms with Gasteiger partial charge >= 0.3 is 0 Å². The Bertz CT molecular complexity index is 316. The van der Waals surface area contributed by atoms with E-state index in [4.69, 9.17) is 0 Å². The molecule has 1 N–H and O–H groups in total. The number of rotatable bonds is 1. The molecule has 3 aliphatic rings. The summed E-state index contributed by atoms with van der Waals surface area (Å²) in [7, 11) is 0. The molecule has 17 heavy (non-hydrogen) atoms. The van der Waals surface area contributed by atoms with Crippen LogP contribution in [0.15, 0.2) is 0 Å². The predicted molar refractivity (Wildman–Crippen MR) is 65.4 cm³/mol. The molecule has 3 nitrogen and oxygen atoms in total. The molecule has 1 aliphatic heterocycles. The van der Waals surface area contributed by atoms with E-state index in [9.17, 15) is 9.90 Å². The molecule has 0 spiro atoms. The molecule has 0 aromatic heterocycles. The average molecular weight is 237 g/mol. The quantitative estimate of drug-likeness (QED) is 0.755. The Kier molecular flexibility index (Phi) is 2.69. The van der Waals surface area contributed by atoms with E-state index in [2.05, 4.69) is 0 Å². The monoisotopic (exact) mass is 237 g/mol. The molecule has 3 atom stereocenters. The van der Waals surface area contributed by atoms with E-state index in [-0.39, 0.29) is 0 Å². The van der Waals surface area contributed by atoms with Gasteiger partial charge in [0, 0.05) is 19.0 Å². The van der Waals surface area contributed by atoms with Crippen LogP contribution in [0.4, 0.5) is 0 Å². The van der Waals surface area contributed by atoms with Gasteiger partial charge in [0.2, 0.25) is 5.91 Å². The Balaban J connectivity index is 1.58. The van der Waals surface area contributed by atoms with Crippen LogP contribution >= 0.6 is 0 Å². The lowest BCUT2D eigenvalue weighted by atomic mass is 9.98. The van der Waals surface area contributed by atoms with Gasteiger partial charge in [-0.25, -0.2) is 0 Å². The summed E-state index contributed by atoms with van der Waals surface area (Å²) in [5.74, 6) is 2.43. The van der Waals surface area contributed by atoms with Crippen LogP contribution in [0.25, 0.3) is 0 Å². The number of fused-ring (bicyclic) bond motifs is 1. The Morgan fingerprint density at radius 3 is 2.59 bits per heavy atom. The lowest BCUT2D eigenvalue weighted by Gasteiger charge is -2.25. The van der Waals surface area contributed by atoms with Gasteiger partial charge in [0.25, 0.3) is 0 Å². The van der Waals surface area contributed by atoms with E-state index >= 15 is 0 Å². The summed E-state index contributed by atoms with van der Waals surface area (Å²) < 4.78 is 0. The Morgan fingerprint density at radius 2 is 1.88 bits per heavy atom. The first-order valence-electron chi connectivity index (χ1n) is 7.06. The number of carbonyl (C=O) groups excluding carboxylic acids is 1. The number of amides is 1. The molecule has 0 bridgehead atoms. The molecule has 3 rings (SSSR count). The fraction of sp³-hybridized carbons (Fsp3) is 0.929. The van der Waals surface area contributed by atoms with E-state index in [0.29, 0.717) is 11.8 Å². The van der Waals surface area contributed by atoms with Gasteiger partial charge in [0.1, 0.15) is 0 Å². The van der Waals surface area contributed by atoms with Crippen LogP contribution in [0.5, 0.6) is 0 Å². The summed E-state index contributed by atoms with van der Waals surface area (Å²) in [4.78, 5) is 14.4. The van der Waals surface area contributed by atoms with E-state index in [1.54, 1.807) is 0 Å². The van der Waals surface area contributed by atoms with Crippen molar-refractivity contribution in [1.82, 2.24) is 4.90 Å². The highest BCUT2D eigenvalue weighted by atomic mass is 16.3. The van der Waals surface area contributed by atoms with Gasteiger partial charge in [-0.1, -0.05) is 0 Å². The van der Waals surface area contributed by atoms with E-state index in [0.717, 1.165) is 57.0 Å².